The normalized spacial score (nSPS) is 14.0. The third-order valence-corrected chi connectivity index (χ3v) is 6.57. The number of fused-ring (bicyclic) bond motifs is 3. The molecule has 0 atom stereocenters. The molecule has 0 aliphatic heterocycles. The Hall–Kier alpha value is -3.31. The molecule has 0 unspecified atom stereocenters. The Balaban J connectivity index is 1.81. The first-order chi connectivity index (χ1) is 14.4. The lowest BCUT2D eigenvalue weighted by molar-refractivity contribution is -0.385. The number of thiophene rings is 1. The zero-order chi connectivity index (χ0) is 21.4. The number of rotatable bonds is 4. The number of nitrogens with zero attached hydrogens (tertiary/aromatic N) is 3. The number of benzene rings is 1. The molecule has 0 radical (unpaired) electrons. The fourth-order valence-corrected chi connectivity index (χ4v) is 5.17. The van der Waals surface area contributed by atoms with E-state index in [-0.39, 0.29) is 28.6 Å². The first-order valence-corrected chi connectivity index (χ1v) is 10.7. The number of aromatic nitrogens is 2. The average Bonchev–Trinajstić information content (AvgIpc) is 3.10. The Labute approximate surface area is 176 Å². The summed E-state index contributed by atoms with van der Waals surface area (Å²) in [5, 5.41) is 21.8. The van der Waals surface area contributed by atoms with Crippen LogP contribution in [0.3, 0.4) is 0 Å². The fraction of sp³-hybridized carbons (Fsp3) is 0.318. The summed E-state index contributed by atoms with van der Waals surface area (Å²) in [6, 6.07) is 6.96. The lowest BCUT2D eigenvalue weighted by Crippen LogP contribution is -2.12. The van der Waals surface area contributed by atoms with Gasteiger partial charge in [-0.2, -0.15) is 5.26 Å². The van der Waals surface area contributed by atoms with Gasteiger partial charge in [0, 0.05) is 16.5 Å². The maximum absolute atomic E-state index is 12.8. The van der Waals surface area contributed by atoms with Gasteiger partial charge >= 0.3 is 0 Å². The van der Waals surface area contributed by atoms with Crippen molar-refractivity contribution in [1.29, 1.82) is 5.26 Å². The number of allylic oxidation sites excluding steroid dienone is 1. The molecule has 0 fully saturated rings. The monoisotopic (exact) mass is 420 g/mol. The Morgan fingerprint density at radius 1 is 1.37 bits per heavy atom. The van der Waals surface area contributed by atoms with Crippen molar-refractivity contribution < 1.29 is 4.92 Å². The van der Waals surface area contributed by atoms with Crippen LogP contribution in [-0.4, -0.2) is 14.9 Å². The van der Waals surface area contributed by atoms with Gasteiger partial charge in [0.05, 0.1) is 15.9 Å². The SMILES string of the molecule is CC(C)c1ccc(/C=C(\C#N)c2nc3sc4c(c3c(=O)[nH]2)CCCC4)cc1[N+](=O)[O-]. The quantitative estimate of drug-likeness (QED) is 0.364. The van der Waals surface area contributed by atoms with Gasteiger partial charge in [-0.15, -0.1) is 11.3 Å². The number of nitro benzene ring substituents is 1. The van der Waals surface area contributed by atoms with Crippen LogP contribution in [0.2, 0.25) is 0 Å². The predicted octanol–water partition coefficient (Wildman–Crippen LogP) is 4.96. The lowest BCUT2D eigenvalue weighted by atomic mass is 9.97. The number of hydrogen-bond acceptors (Lipinski definition) is 6. The van der Waals surface area contributed by atoms with Crippen molar-refractivity contribution in [3.63, 3.8) is 0 Å². The highest BCUT2D eigenvalue weighted by atomic mass is 32.1. The third-order valence-electron chi connectivity index (χ3n) is 5.38. The van der Waals surface area contributed by atoms with Crippen molar-refractivity contribution in [2.45, 2.75) is 45.4 Å². The van der Waals surface area contributed by atoms with Gasteiger partial charge in [0.2, 0.25) is 0 Å². The van der Waals surface area contributed by atoms with E-state index < -0.39 is 4.92 Å². The first-order valence-electron chi connectivity index (χ1n) is 9.84. The largest absolute Gasteiger partial charge is 0.305 e. The summed E-state index contributed by atoms with van der Waals surface area (Å²) in [6.07, 6.45) is 5.53. The van der Waals surface area contributed by atoms with Crippen LogP contribution in [0.5, 0.6) is 0 Å². The van der Waals surface area contributed by atoms with Crippen LogP contribution in [0, 0.1) is 21.4 Å². The minimum Gasteiger partial charge on any atom is -0.305 e. The second-order valence-corrected chi connectivity index (χ2v) is 8.79. The molecule has 3 aromatic rings. The van der Waals surface area contributed by atoms with Crippen LogP contribution in [-0.2, 0) is 12.8 Å². The molecule has 0 spiro atoms. The molecule has 1 N–H and O–H groups in total. The van der Waals surface area contributed by atoms with E-state index in [4.69, 9.17) is 0 Å². The van der Waals surface area contributed by atoms with Gasteiger partial charge < -0.3 is 4.98 Å². The van der Waals surface area contributed by atoms with E-state index in [1.807, 2.05) is 13.8 Å². The zero-order valence-corrected chi connectivity index (χ0v) is 17.5. The molecule has 2 heterocycles. The molecule has 0 bridgehead atoms. The van der Waals surface area contributed by atoms with Gasteiger partial charge in [-0.3, -0.25) is 14.9 Å². The van der Waals surface area contributed by atoms with Gasteiger partial charge in [0.1, 0.15) is 10.9 Å². The first kappa shape index (κ1) is 20.0. The minimum atomic E-state index is -0.416. The molecule has 1 aliphatic rings. The molecular formula is C22H20N4O3S. The Kier molecular flexibility index (Phi) is 5.22. The van der Waals surface area contributed by atoms with E-state index in [1.165, 1.54) is 28.4 Å². The highest BCUT2D eigenvalue weighted by Gasteiger charge is 2.21. The van der Waals surface area contributed by atoms with Crippen LogP contribution < -0.4 is 5.56 Å². The van der Waals surface area contributed by atoms with E-state index in [0.717, 1.165) is 31.2 Å². The summed E-state index contributed by atoms with van der Waals surface area (Å²) in [5.74, 6) is 0.188. The number of hydrogen-bond donors (Lipinski definition) is 1. The van der Waals surface area contributed by atoms with E-state index in [1.54, 1.807) is 12.1 Å². The van der Waals surface area contributed by atoms with Crippen LogP contribution >= 0.6 is 11.3 Å². The maximum Gasteiger partial charge on any atom is 0.273 e. The Bertz CT molecular complexity index is 1290. The highest BCUT2D eigenvalue weighted by Crippen LogP contribution is 2.34. The van der Waals surface area contributed by atoms with E-state index in [0.29, 0.717) is 21.3 Å². The molecule has 4 rings (SSSR count). The highest BCUT2D eigenvalue weighted by molar-refractivity contribution is 7.18. The standard InChI is InChI=1S/C22H20N4O3S/c1-12(2)15-8-7-13(10-17(15)26(28)29)9-14(11-23)20-24-21(27)19-16-5-3-4-6-18(16)30-22(19)25-20/h7-10,12H,3-6H2,1-2H3,(H,24,25,27)/b14-9+. The predicted molar refractivity (Wildman–Crippen MR) is 118 cm³/mol. The van der Waals surface area contributed by atoms with Crippen LogP contribution in [0.15, 0.2) is 23.0 Å². The summed E-state index contributed by atoms with van der Waals surface area (Å²) in [7, 11) is 0. The summed E-state index contributed by atoms with van der Waals surface area (Å²) >= 11 is 1.52. The van der Waals surface area contributed by atoms with Gasteiger partial charge in [0.15, 0.2) is 5.82 Å². The molecule has 1 aromatic carbocycles. The molecule has 1 aliphatic carbocycles. The second-order valence-electron chi connectivity index (χ2n) is 7.71. The molecule has 30 heavy (non-hydrogen) atoms. The fourth-order valence-electron chi connectivity index (χ4n) is 3.91. The second kappa shape index (κ2) is 7.84. The summed E-state index contributed by atoms with van der Waals surface area (Å²) in [5.41, 5.74) is 2.16. The Morgan fingerprint density at radius 3 is 2.83 bits per heavy atom. The molecule has 2 aromatic heterocycles. The summed E-state index contributed by atoms with van der Waals surface area (Å²) in [4.78, 5) is 32.9. The molecule has 7 nitrogen and oxygen atoms in total. The minimum absolute atomic E-state index is 0.00385. The number of H-pyrrole nitrogens is 1. The lowest BCUT2D eigenvalue weighted by Gasteiger charge is -2.09. The third kappa shape index (κ3) is 3.53. The van der Waals surface area contributed by atoms with E-state index in [9.17, 15) is 20.2 Å². The van der Waals surface area contributed by atoms with Crippen molar-refractivity contribution in [1.82, 2.24) is 9.97 Å². The van der Waals surface area contributed by atoms with Crippen molar-refractivity contribution >= 4 is 38.9 Å². The zero-order valence-electron chi connectivity index (χ0n) is 16.7. The Morgan fingerprint density at radius 2 is 2.13 bits per heavy atom. The number of aromatic amines is 1. The topological polar surface area (TPSA) is 113 Å². The van der Waals surface area contributed by atoms with Gasteiger partial charge in [-0.25, -0.2) is 4.98 Å². The molecular weight excluding hydrogens is 400 g/mol. The number of aryl methyl sites for hydroxylation is 2. The average molecular weight is 420 g/mol. The van der Waals surface area contributed by atoms with E-state index >= 15 is 0 Å². The van der Waals surface area contributed by atoms with Crippen LogP contribution in [0.25, 0.3) is 21.9 Å². The number of nitriles is 1. The van der Waals surface area contributed by atoms with Gasteiger partial charge in [-0.05, 0) is 48.8 Å². The van der Waals surface area contributed by atoms with Gasteiger partial charge in [-0.1, -0.05) is 26.0 Å². The molecule has 152 valence electrons. The summed E-state index contributed by atoms with van der Waals surface area (Å²) in [6.45, 7) is 3.78. The number of nitrogens with one attached hydrogen (secondary N) is 1. The van der Waals surface area contributed by atoms with Gasteiger partial charge in [0.25, 0.3) is 11.2 Å². The summed E-state index contributed by atoms with van der Waals surface area (Å²) < 4.78 is 0. The number of nitro groups is 1. The van der Waals surface area contributed by atoms with Crippen molar-refractivity contribution in [2.75, 3.05) is 0 Å². The van der Waals surface area contributed by atoms with Crippen LogP contribution in [0.4, 0.5) is 5.69 Å². The smallest absolute Gasteiger partial charge is 0.273 e. The van der Waals surface area contributed by atoms with Crippen molar-refractivity contribution in [3.8, 4) is 6.07 Å². The van der Waals surface area contributed by atoms with Crippen molar-refractivity contribution in [2.24, 2.45) is 0 Å². The molecule has 0 amide bonds. The molecule has 0 saturated heterocycles. The van der Waals surface area contributed by atoms with Crippen molar-refractivity contribution in [3.05, 3.63) is 66.1 Å². The molecule has 8 heteroatoms. The molecule has 0 saturated carbocycles. The maximum atomic E-state index is 12.8. The van der Waals surface area contributed by atoms with E-state index in [2.05, 4.69) is 16.0 Å². The van der Waals surface area contributed by atoms with Crippen LogP contribution in [0.1, 0.15) is 60.0 Å².